The van der Waals surface area contributed by atoms with Crippen LogP contribution in [0.25, 0.3) is 4.91 Å². The summed E-state index contributed by atoms with van der Waals surface area (Å²) in [7, 11) is -4.84. The Morgan fingerprint density at radius 1 is 1.17 bits per heavy atom. The molecule has 0 aliphatic carbocycles. The molecule has 0 spiro atoms. The number of halogens is 1. The molecule has 2 nitrogen and oxygen atoms in total. The zero-order chi connectivity index (χ0) is 13.6. The number of benzene rings is 1. The van der Waals surface area contributed by atoms with Crippen molar-refractivity contribution < 1.29 is 8.42 Å². The zero-order valence-corrected chi connectivity index (χ0v) is 14.2. The van der Waals surface area contributed by atoms with Crippen molar-refractivity contribution in [2.24, 2.45) is 0 Å². The minimum atomic E-state index is -3.14. The third-order valence-corrected chi connectivity index (χ3v) is 11.0. The van der Waals surface area contributed by atoms with Crippen molar-refractivity contribution in [2.45, 2.75) is 30.9 Å². The first-order valence-corrected chi connectivity index (χ1v) is 11.8. The van der Waals surface area contributed by atoms with Crippen molar-refractivity contribution in [1.82, 2.24) is 0 Å². The van der Waals surface area contributed by atoms with Gasteiger partial charge in [-0.05, 0) is 24.1 Å². The van der Waals surface area contributed by atoms with Gasteiger partial charge >= 0.3 is 0 Å². The third kappa shape index (κ3) is 2.48. The van der Waals surface area contributed by atoms with E-state index in [9.17, 15) is 8.42 Å². The lowest BCUT2D eigenvalue weighted by Crippen LogP contribution is -2.41. The fourth-order valence-corrected chi connectivity index (χ4v) is 8.97. The summed E-state index contributed by atoms with van der Waals surface area (Å²) >= 11 is 3.36. The van der Waals surface area contributed by atoms with Gasteiger partial charge in [0, 0.05) is 4.47 Å². The molecule has 0 saturated carbocycles. The van der Waals surface area contributed by atoms with Crippen molar-refractivity contribution in [2.75, 3.05) is 0 Å². The molecule has 1 aromatic carbocycles. The first-order chi connectivity index (χ1) is 8.23. The molecule has 1 heterocycles. The molecule has 1 atom stereocenters. The van der Waals surface area contributed by atoms with Crippen LogP contribution in [0.15, 0.2) is 34.8 Å². The quantitative estimate of drug-likeness (QED) is 0.763. The fraction of sp³-hybridized carbons (Fsp3) is 0.385. The largest absolute Gasteiger partial charge is 0.224 e. The molecule has 0 amide bonds. The normalized spacial score (nSPS) is 22.9. The van der Waals surface area contributed by atoms with Crippen molar-refractivity contribution in [3.8, 4) is 0 Å². The van der Waals surface area contributed by atoms with Gasteiger partial charge in [-0.3, -0.25) is 0 Å². The Labute approximate surface area is 118 Å². The minimum Gasteiger partial charge on any atom is -0.224 e. The van der Waals surface area contributed by atoms with Crippen molar-refractivity contribution >= 4 is 38.7 Å². The van der Waals surface area contributed by atoms with Crippen LogP contribution in [0.2, 0.25) is 19.6 Å². The van der Waals surface area contributed by atoms with Crippen LogP contribution in [-0.2, 0) is 9.84 Å². The van der Waals surface area contributed by atoms with Crippen LogP contribution in [-0.4, -0.2) is 21.4 Å². The molecular formula is C13H17BrO2SSi. The molecule has 1 aliphatic rings. The van der Waals surface area contributed by atoms with E-state index >= 15 is 0 Å². The molecule has 0 aromatic heterocycles. The standard InChI is InChI=1S/C13H17BrO2SSi/c1-18(2,3)13-9-8-12(17(13,15)16)10-4-6-11(14)7-5-10/h4-8,13H,9H2,1-3H3. The first-order valence-electron chi connectivity index (χ1n) is 5.93. The van der Waals surface area contributed by atoms with Gasteiger partial charge in [0.05, 0.1) is 17.9 Å². The summed E-state index contributed by atoms with van der Waals surface area (Å²) < 4.78 is 26.1. The Balaban J connectivity index is 2.41. The Morgan fingerprint density at radius 3 is 2.17 bits per heavy atom. The summed E-state index contributed by atoms with van der Waals surface area (Å²) in [6, 6.07) is 7.49. The van der Waals surface area contributed by atoms with Gasteiger partial charge in [0.25, 0.3) is 0 Å². The van der Waals surface area contributed by atoms with Gasteiger partial charge < -0.3 is 0 Å². The maximum atomic E-state index is 12.6. The molecule has 0 N–H and O–H groups in total. The van der Waals surface area contributed by atoms with E-state index in [1.54, 1.807) is 0 Å². The van der Waals surface area contributed by atoms with Crippen molar-refractivity contribution in [3.63, 3.8) is 0 Å². The van der Waals surface area contributed by atoms with Crippen LogP contribution in [0.3, 0.4) is 0 Å². The second kappa shape index (κ2) is 4.61. The Hall–Kier alpha value is -0.393. The fourth-order valence-electron chi connectivity index (χ4n) is 2.33. The number of allylic oxidation sites excluding steroid dienone is 1. The van der Waals surface area contributed by atoms with E-state index in [4.69, 9.17) is 0 Å². The van der Waals surface area contributed by atoms with Crippen LogP contribution >= 0.6 is 15.9 Å². The van der Waals surface area contributed by atoms with Crippen LogP contribution in [0.5, 0.6) is 0 Å². The summed E-state index contributed by atoms with van der Waals surface area (Å²) in [4.78, 5) is 0.339. The molecule has 5 heteroatoms. The predicted octanol–water partition coefficient (Wildman–Crippen LogP) is 3.85. The maximum Gasteiger partial charge on any atom is 0.179 e. The summed E-state index contributed by atoms with van der Waals surface area (Å²) in [6.45, 7) is 6.36. The second-order valence-corrected chi connectivity index (χ2v) is 14.6. The summed E-state index contributed by atoms with van der Waals surface area (Å²) in [6.07, 6.45) is 2.56. The Kier molecular flexibility index (Phi) is 3.60. The average molecular weight is 345 g/mol. The summed E-state index contributed by atoms with van der Waals surface area (Å²) in [5, 5.41) is 0. The summed E-state index contributed by atoms with van der Waals surface area (Å²) in [5.41, 5.74) is 0.805. The van der Waals surface area contributed by atoms with Gasteiger partial charge in [0.15, 0.2) is 9.84 Å². The molecule has 1 unspecified atom stereocenters. The molecule has 0 radical (unpaired) electrons. The van der Waals surface area contributed by atoms with E-state index in [0.29, 0.717) is 11.3 Å². The van der Waals surface area contributed by atoms with Crippen LogP contribution in [0, 0.1) is 0 Å². The highest BCUT2D eigenvalue weighted by atomic mass is 79.9. The van der Waals surface area contributed by atoms with Gasteiger partial charge in [-0.1, -0.05) is 53.8 Å². The van der Waals surface area contributed by atoms with E-state index in [-0.39, 0.29) is 4.87 Å². The first kappa shape index (κ1) is 14.0. The lowest BCUT2D eigenvalue weighted by molar-refractivity contribution is 0.603. The van der Waals surface area contributed by atoms with E-state index in [2.05, 4.69) is 35.6 Å². The molecule has 0 saturated heterocycles. The van der Waals surface area contributed by atoms with Gasteiger partial charge in [0.1, 0.15) is 0 Å². The molecule has 18 heavy (non-hydrogen) atoms. The molecule has 0 bridgehead atoms. The summed E-state index contributed by atoms with van der Waals surface area (Å²) in [5.74, 6) is 0. The number of sulfone groups is 1. The predicted molar refractivity (Wildman–Crippen MR) is 82.8 cm³/mol. The Bertz CT molecular complexity index is 582. The van der Waals surface area contributed by atoms with Gasteiger partial charge in [-0.15, -0.1) is 0 Å². The van der Waals surface area contributed by atoms with Gasteiger partial charge in [0.2, 0.25) is 0 Å². The maximum absolute atomic E-state index is 12.6. The van der Waals surface area contributed by atoms with Crippen LogP contribution in [0.1, 0.15) is 12.0 Å². The van der Waals surface area contributed by atoms with Crippen LogP contribution in [0.4, 0.5) is 0 Å². The second-order valence-electron chi connectivity index (χ2n) is 5.71. The lowest BCUT2D eigenvalue weighted by Gasteiger charge is -2.24. The Morgan fingerprint density at radius 2 is 1.72 bits per heavy atom. The van der Waals surface area contributed by atoms with E-state index in [0.717, 1.165) is 10.0 Å². The molecule has 0 fully saturated rings. The van der Waals surface area contributed by atoms with E-state index < -0.39 is 17.9 Å². The zero-order valence-electron chi connectivity index (χ0n) is 10.8. The molecule has 98 valence electrons. The number of hydrogen-bond acceptors (Lipinski definition) is 2. The lowest BCUT2D eigenvalue weighted by atomic mass is 10.2. The highest BCUT2D eigenvalue weighted by Crippen LogP contribution is 2.37. The smallest absolute Gasteiger partial charge is 0.179 e. The van der Waals surface area contributed by atoms with E-state index in [1.807, 2.05) is 30.3 Å². The molecule has 1 aromatic rings. The molecular weight excluding hydrogens is 328 g/mol. The minimum absolute atomic E-state index is 0.177. The van der Waals surface area contributed by atoms with E-state index in [1.165, 1.54) is 0 Å². The third-order valence-electron chi connectivity index (χ3n) is 3.29. The van der Waals surface area contributed by atoms with Crippen molar-refractivity contribution in [1.29, 1.82) is 0 Å². The van der Waals surface area contributed by atoms with Gasteiger partial charge in [-0.2, -0.15) is 0 Å². The molecule has 1 aliphatic heterocycles. The molecule has 2 rings (SSSR count). The average Bonchev–Trinajstić information content (AvgIpc) is 2.54. The topological polar surface area (TPSA) is 34.1 Å². The van der Waals surface area contributed by atoms with Crippen LogP contribution < -0.4 is 0 Å². The van der Waals surface area contributed by atoms with Crippen molar-refractivity contribution in [3.05, 3.63) is 40.4 Å². The SMILES string of the molecule is C[Si](C)(C)C1CC=C(c2ccc(Br)cc2)S1(=O)=O. The highest BCUT2D eigenvalue weighted by molar-refractivity contribution is 9.10. The monoisotopic (exact) mass is 344 g/mol. The number of hydrogen-bond donors (Lipinski definition) is 0. The highest BCUT2D eigenvalue weighted by Gasteiger charge is 2.43. The number of rotatable bonds is 2. The van der Waals surface area contributed by atoms with Gasteiger partial charge in [-0.25, -0.2) is 8.42 Å².